The summed E-state index contributed by atoms with van der Waals surface area (Å²) in [5, 5.41) is 3.45. The molecule has 2 aromatic carbocycles. The van der Waals surface area contributed by atoms with Crippen LogP contribution in [0, 0.1) is 12.8 Å². The fraction of sp³-hybridized carbons (Fsp3) is 0.222. The molecule has 0 spiro atoms. The van der Waals surface area contributed by atoms with E-state index < -0.39 is 0 Å². The average molecular weight is 408 g/mol. The summed E-state index contributed by atoms with van der Waals surface area (Å²) in [6.07, 6.45) is 0.210. The molecule has 3 rings (SSSR count). The van der Waals surface area contributed by atoms with Gasteiger partial charge in [-0.25, -0.2) is 0 Å². The molecule has 2 aromatic rings. The number of halogens is 2. The van der Waals surface area contributed by atoms with E-state index in [1.807, 2.05) is 43.3 Å². The second kappa shape index (κ2) is 6.95. The minimum atomic E-state index is -0.374. The van der Waals surface area contributed by atoms with Gasteiger partial charge in [0.1, 0.15) is 0 Å². The number of aryl methyl sites for hydroxylation is 1. The Balaban J connectivity index is 1.69. The molecule has 0 aliphatic carbocycles. The fourth-order valence-corrected chi connectivity index (χ4v) is 3.11. The van der Waals surface area contributed by atoms with Crippen molar-refractivity contribution in [3.05, 3.63) is 57.5 Å². The standard InChI is InChI=1S/C18H16BrClN2O2/c1-11-2-5-14(9-16(11)20)21-18(24)12-8-17(23)22(10-12)15-6-3-13(19)4-7-15/h2-7,9,12H,8,10H2,1H3,(H,21,24)/t12-/m1/s1. The molecule has 0 aromatic heterocycles. The van der Waals surface area contributed by atoms with Crippen LogP contribution in [0.2, 0.25) is 5.02 Å². The Morgan fingerprint density at radius 3 is 2.62 bits per heavy atom. The predicted molar refractivity (Wildman–Crippen MR) is 99.4 cm³/mol. The normalized spacial score (nSPS) is 17.2. The Bertz CT molecular complexity index is 792. The van der Waals surface area contributed by atoms with E-state index in [0.29, 0.717) is 17.3 Å². The second-order valence-corrected chi connectivity index (χ2v) is 7.16. The monoisotopic (exact) mass is 406 g/mol. The van der Waals surface area contributed by atoms with E-state index in [2.05, 4.69) is 21.2 Å². The van der Waals surface area contributed by atoms with E-state index in [9.17, 15) is 9.59 Å². The lowest BCUT2D eigenvalue weighted by molar-refractivity contribution is -0.122. The smallest absolute Gasteiger partial charge is 0.229 e. The van der Waals surface area contributed by atoms with Crippen molar-refractivity contribution in [2.45, 2.75) is 13.3 Å². The van der Waals surface area contributed by atoms with Crippen molar-refractivity contribution in [3.8, 4) is 0 Å². The third kappa shape index (κ3) is 3.62. The highest BCUT2D eigenvalue weighted by atomic mass is 79.9. The van der Waals surface area contributed by atoms with Crippen molar-refractivity contribution < 1.29 is 9.59 Å². The van der Waals surface area contributed by atoms with Gasteiger partial charge in [0, 0.05) is 33.8 Å². The van der Waals surface area contributed by atoms with Gasteiger partial charge >= 0.3 is 0 Å². The van der Waals surface area contributed by atoms with Gasteiger partial charge in [-0.05, 0) is 48.9 Å². The molecule has 1 aliphatic heterocycles. The molecule has 6 heteroatoms. The fourth-order valence-electron chi connectivity index (χ4n) is 2.67. The van der Waals surface area contributed by atoms with Crippen LogP contribution in [0.1, 0.15) is 12.0 Å². The summed E-state index contributed by atoms with van der Waals surface area (Å²) >= 11 is 9.45. The van der Waals surface area contributed by atoms with Crippen LogP contribution in [0.4, 0.5) is 11.4 Å². The number of nitrogens with one attached hydrogen (secondary N) is 1. The number of rotatable bonds is 3. The molecule has 0 unspecified atom stereocenters. The van der Waals surface area contributed by atoms with Crippen LogP contribution in [0.25, 0.3) is 0 Å². The summed E-state index contributed by atoms with van der Waals surface area (Å²) in [6.45, 7) is 2.28. The Morgan fingerprint density at radius 1 is 1.25 bits per heavy atom. The van der Waals surface area contributed by atoms with E-state index in [4.69, 9.17) is 11.6 Å². The highest BCUT2D eigenvalue weighted by Gasteiger charge is 2.35. The number of anilines is 2. The Morgan fingerprint density at radius 2 is 1.96 bits per heavy atom. The second-order valence-electron chi connectivity index (χ2n) is 5.84. The van der Waals surface area contributed by atoms with Crippen molar-refractivity contribution in [2.24, 2.45) is 5.92 Å². The van der Waals surface area contributed by atoms with Crippen molar-refractivity contribution in [3.63, 3.8) is 0 Å². The highest BCUT2D eigenvalue weighted by Crippen LogP contribution is 2.28. The van der Waals surface area contributed by atoms with E-state index in [-0.39, 0.29) is 24.2 Å². The van der Waals surface area contributed by atoms with Crippen molar-refractivity contribution >= 4 is 50.7 Å². The summed E-state index contributed by atoms with van der Waals surface area (Å²) in [5.41, 5.74) is 2.40. The maximum Gasteiger partial charge on any atom is 0.229 e. The molecule has 2 amide bonds. The summed E-state index contributed by atoms with van der Waals surface area (Å²) in [7, 11) is 0. The first-order valence-corrected chi connectivity index (χ1v) is 8.74. The van der Waals surface area contributed by atoms with E-state index in [1.54, 1.807) is 11.0 Å². The molecule has 0 saturated carbocycles. The van der Waals surface area contributed by atoms with Crippen LogP contribution in [-0.2, 0) is 9.59 Å². The van der Waals surface area contributed by atoms with Crippen LogP contribution in [-0.4, -0.2) is 18.4 Å². The van der Waals surface area contributed by atoms with Gasteiger partial charge in [0.25, 0.3) is 0 Å². The largest absolute Gasteiger partial charge is 0.326 e. The third-order valence-corrected chi connectivity index (χ3v) is 5.01. The zero-order valence-electron chi connectivity index (χ0n) is 13.1. The zero-order chi connectivity index (χ0) is 17.3. The molecule has 0 radical (unpaired) electrons. The quantitative estimate of drug-likeness (QED) is 0.819. The van der Waals surface area contributed by atoms with Gasteiger partial charge in [0.15, 0.2) is 0 Å². The van der Waals surface area contributed by atoms with E-state index in [1.165, 1.54) is 0 Å². The minimum Gasteiger partial charge on any atom is -0.326 e. The number of nitrogens with zero attached hydrogens (tertiary/aromatic N) is 1. The van der Waals surface area contributed by atoms with Gasteiger partial charge in [-0.15, -0.1) is 0 Å². The maximum atomic E-state index is 12.4. The molecule has 1 fully saturated rings. The van der Waals surface area contributed by atoms with Crippen LogP contribution in [0.5, 0.6) is 0 Å². The predicted octanol–water partition coefficient (Wildman–Crippen LogP) is 4.40. The number of benzene rings is 2. The van der Waals surface area contributed by atoms with Gasteiger partial charge in [-0.2, -0.15) is 0 Å². The summed E-state index contributed by atoms with van der Waals surface area (Å²) in [6, 6.07) is 12.9. The lowest BCUT2D eigenvalue weighted by atomic mass is 10.1. The number of carbonyl (C=O) groups excluding carboxylic acids is 2. The molecule has 1 aliphatic rings. The maximum absolute atomic E-state index is 12.4. The summed E-state index contributed by atoms with van der Waals surface area (Å²) in [4.78, 5) is 26.3. The van der Waals surface area contributed by atoms with Crippen LogP contribution >= 0.6 is 27.5 Å². The zero-order valence-corrected chi connectivity index (χ0v) is 15.4. The minimum absolute atomic E-state index is 0.0422. The molecular weight excluding hydrogens is 392 g/mol. The molecule has 4 nitrogen and oxygen atoms in total. The number of carbonyl (C=O) groups is 2. The van der Waals surface area contributed by atoms with Crippen molar-refractivity contribution in [2.75, 3.05) is 16.8 Å². The Hall–Kier alpha value is -1.85. The lowest BCUT2D eigenvalue weighted by Crippen LogP contribution is -2.28. The summed E-state index contributed by atoms with van der Waals surface area (Å²) < 4.78 is 0.948. The first-order chi connectivity index (χ1) is 11.4. The van der Waals surface area contributed by atoms with Gasteiger partial charge in [-0.1, -0.05) is 33.6 Å². The molecule has 24 heavy (non-hydrogen) atoms. The first kappa shape index (κ1) is 17.0. The van der Waals surface area contributed by atoms with Gasteiger partial charge in [-0.3, -0.25) is 9.59 Å². The third-order valence-electron chi connectivity index (χ3n) is 4.07. The van der Waals surface area contributed by atoms with Crippen LogP contribution in [0.15, 0.2) is 46.9 Å². The highest BCUT2D eigenvalue weighted by molar-refractivity contribution is 9.10. The Kier molecular flexibility index (Phi) is 4.92. The van der Waals surface area contributed by atoms with E-state index >= 15 is 0 Å². The molecule has 1 atom stereocenters. The first-order valence-electron chi connectivity index (χ1n) is 7.57. The van der Waals surface area contributed by atoms with Gasteiger partial charge in [0.05, 0.1) is 5.92 Å². The van der Waals surface area contributed by atoms with Gasteiger partial charge < -0.3 is 10.2 Å². The molecule has 0 bridgehead atoms. The van der Waals surface area contributed by atoms with Crippen LogP contribution < -0.4 is 10.2 Å². The average Bonchev–Trinajstić information content (AvgIpc) is 2.94. The molecule has 1 saturated heterocycles. The number of hydrogen-bond acceptors (Lipinski definition) is 2. The summed E-state index contributed by atoms with van der Waals surface area (Å²) in [5.74, 6) is -0.580. The van der Waals surface area contributed by atoms with Crippen molar-refractivity contribution in [1.29, 1.82) is 0 Å². The van der Waals surface area contributed by atoms with E-state index in [0.717, 1.165) is 15.7 Å². The molecular formula is C18H16BrClN2O2. The number of hydrogen-bond donors (Lipinski definition) is 1. The van der Waals surface area contributed by atoms with Gasteiger partial charge in [0.2, 0.25) is 11.8 Å². The topological polar surface area (TPSA) is 49.4 Å². The Labute approximate surface area is 153 Å². The molecule has 124 valence electrons. The molecule has 1 N–H and O–H groups in total. The van der Waals surface area contributed by atoms with Crippen LogP contribution in [0.3, 0.4) is 0 Å². The lowest BCUT2D eigenvalue weighted by Gasteiger charge is -2.17. The SMILES string of the molecule is Cc1ccc(NC(=O)[C@@H]2CC(=O)N(c3ccc(Br)cc3)C2)cc1Cl. The number of amides is 2. The van der Waals surface area contributed by atoms with Crippen molar-refractivity contribution in [1.82, 2.24) is 0 Å². The molecule has 1 heterocycles.